The second kappa shape index (κ2) is 6.19. The number of para-hydroxylation sites is 1. The summed E-state index contributed by atoms with van der Waals surface area (Å²) in [5, 5.41) is 3.50. The number of ether oxygens (including phenoxy) is 1. The van der Waals surface area contributed by atoms with E-state index < -0.39 is 17.5 Å². The number of nitrogens with two attached hydrogens (primary N) is 1. The van der Waals surface area contributed by atoms with Crippen molar-refractivity contribution in [2.24, 2.45) is 11.7 Å². The Morgan fingerprint density at radius 2 is 2.05 bits per heavy atom. The van der Waals surface area contributed by atoms with Gasteiger partial charge in [-0.25, -0.2) is 4.79 Å². The van der Waals surface area contributed by atoms with Gasteiger partial charge in [0.05, 0.1) is 7.11 Å². The molecule has 0 saturated heterocycles. The number of benzene rings is 1. The number of carbonyl (C=O) groups excluding carboxylic acids is 2. The molecule has 22 heavy (non-hydrogen) atoms. The fourth-order valence-corrected chi connectivity index (χ4v) is 2.48. The third kappa shape index (κ3) is 3.28. The molecule has 0 fully saturated rings. The van der Waals surface area contributed by atoms with Crippen molar-refractivity contribution >= 4 is 22.8 Å². The number of aromatic nitrogens is 1. The molecule has 0 aliphatic rings. The predicted octanol–water partition coefficient (Wildman–Crippen LogP) is 1.77. The Morgan fingerprint density at radius 3 is 2.64 bits per heavy atom. The molecule has 1 atom stereocenters. The molecular formula is C16H21N3O3. The van der Waals surface area contributed by atoms with E-state index in [9.17, 15) is 9.59 Å². The van der Waals surface area contributed by atoms with Gasteiger partial charge in [-0.15, -0.1) is 0 Å². The van der Waals surface area contributed by atoms with Gasteiger partial charge in [-0.1, -0.05) is 32.0 Å². The van der Waals surface area contributed by atoms with Gasteiger partial charge in [0.1, 0.15) is 5.69 Å². The van der Waals surface area contributed by atoms with Gasteiger partial charge in [-0.3, -0.25) is 10.5 Å². The minimum Gasteiger partial charge on any atom is -0.466 e. The van der Waals surface area contributed by atoms with Gasteiger partial charge >= 0.3 is 5.97 Å². The van der Waals surface area contributed by atoms with Crippen molar-refractivity contribution in [3.8, 4) is 0 Å². The number of nitrogens with one attached hydrogen (secondary N) is 2. The van der Waals surface area contributed by atoms with Gasteiger partial charge in [0.25, 0.3) is 5.91 Å². The molecule has 0 radical (unpaired) electrons. The number of fused-ring (bicyclic) bond motifs is 1. The molecule has 1 heterocycles. The van der Waals surface area contributed by atoms with E-state index in [1.165, 1.54) is 7.11 Å². The average molecular weight is 303 g/mol. The summed E-state index contributed by atoms with van der Waals surface area (Å²) in [5.74, 6) is -0.984. The number of methoxy groups -OCH3 is 1. The Morgan fingerprint density at radius 1 is 1.36 bits per heavy atom. The van der Waals surface area contributed by atoms with Gasteiger partial charge in [0.2, 0.25) is 0 Å². The molecule has 4 N–H and O–H groups in total. The van der Waals surface area contributed by atoms with Crippen molar-refractivity contribution in [2.75, 3.05) is 7.11 Å². The Bertz CT molecular complexity index is 660. The highest BCUT2D eigenvalue weighted by Crippen LogP contribution is 2.17. The first-order chi connectivity index (χ1) is 10.4. The van der Waals surface area contributed by atoms with Crippen LogP contribution in [0.15, 0.2) is 30.3 Å². The number of hydrogen-bond donors (Lipinski definition) is 3. The monoisotopic (exact) mass is 303 g/mol. The first-order valence-corrected chi connectivity index (χ1v) is 7.13. The van der Waals surface area contributed by atoms with Crippen LogP contribution in [0.25, 0.3) is 10.9 Å². The lowest BCUT2D eigenvalue weighted by Crippen LogP contribution is -2.62. The summed E-state index contributed by atoms with van der Waals surface area (Å²) in [7, 11) is 1.25. The van der Waals surface area contributed by atoms with E-state index in [0.717, 1.165) is 10.9 Å². The maximum absolute atomic E-state index is 12.4. The molecule has 0 saturated carbocycles. The molecule has 0 aliphatic heterocycles. The second-order valence-electron chi connectivity index (χ2n) is 5.79. The highest BCUT2D eigenvalue weighted by molar-refractivity contribution is 6.00. The minimum atomic E-state index is -1.54. The van der Waals surface area contributed by atoms with Crippen molar-refractivity contribution in [1.82, 2.24) is 10.3 Å². The predicted molar refractivity (Wildman–Crippen MR) is 84.2 cm³/mol. The Balaban J connectivity index is 2.25. The second-order valence-corrected chi connectivity index (χ2v) is 5.79. The van der Waals surface area contributed by atoms with Crippen molar-refractivity contribution in [3.63, 3.8) is 0 Å². The standard InChI is InChI=1S/C16H21N3O3/c1-10(2)9-16(17,15(21)22-3)19-14(20)13-8-11-6-4-5-7-12(11)18-13/h4-8,10,18H,9,17H2,1-3H3,(H,19,20)/t16-/m1/s1. The largest absolute Gasteiger partial charge is 0.466 e. The Labute approximate surface area is 129 Å². The highest BCUT2D eigenvalue weighted by Gasteiger charge is 2.38. The Kier molecular flexibility index (Phi) is 4.51. The van der Waals surface area contributed by atoms with Crippen molar-refractivity contribution in [1.29, 1.82) is 0 Å². The molecule has 0 aliphatic carbocycles. The molecule has 2 aromatic rings. The van der Waals surface area contributed by atoms with E-state index in [4.69, 9.17) is 10.5 Å². The smallest absolute Gasteiger partial charge is 0.346 e. The molecule has 1 aromatic carbocycles. The normalized spacial score (nSPS) is 13.9. The number of amides is 1. The number of rotatable bonds is 5. The van der Waals surface area contributed by atoms with Crippen LogP contribution in [0.4, 0.5) is 0 Å². The first kappa shape index (κ1) is 16.0. The summed E-state index contributed by atoms with van der Waals surface area (Å²) in [5.41, 5.74) is 5.72. The van der Waals surface area contributed by atoms with Crippen molar-refractivity contribution < 1.29 is 14.3 Å². The molecule has 0 spiro atoms. The summed E-state index contributed by atoms with van der Waals surface area (Å²) < 4.78 is 4.72. The summed E-state index contributed by atoms with van der Waals surface area (Å²) in [6.07, 6.45) is 0.283. The average Bonchev–Trinajstić information content (AvgIpc) is 2.89. The molecule has 1 amide bonds. The first-order valence-electron chi connectivity index (χ1n) is 7.13. The van der Waals surface area contributed by atoms with Crippen molar-refractivity contribution in [3.05, 3.63) is 36.0 Å². The third-order valence-electron chi connectivity index (χ3n) is 3.39. The van der Waals surface area contributed by atoms with E-state index in [-0.39, 0.29) is 12.3 Å². The molecular weight excluding hydrogens is 282 g/mol. The SMILES string of the molecule is COC(=O)[C@@](N)(CC(C)C)NC(=O)c1cc2ccccc2[nH]1. The summed E-state index contributed by atoms with van der Waals surface area (Å²) in [6, 6.07) is 9.25. The lowest BCUT2D eigenvalue weighted by Gasteiger charge is -2.29. The van der Waals surface area contributed by atoms with Crippen LogP contribution in [0.3, 0.4) is 0 Å². The van der Waals surface area contributed by atoms with Gasteiger partial charge < -0.3 is 15.0 Å². The van der Waals surface area contributed by atoms with Gasteiger partial charge in [0, 0.05) is 10.9 Å². The van der Waals surface area contributed by atoms with E-state index in [0.29, 0.717) is 5.69 Å². The molecule has 2 rings (SSSR count). The lowest BCUT2D eigenvalue weighted by molar-refractivity contribution is -0.148. The topological polar surface area (TPSA) is 97.2 Å². The molecule has 1 aromatic heterocycles. The third-order valence-corrected chi connectivity index (χ3v) is 3.39. The van der Waals surface area contributed by atoms with Gasteiger partial charge in [-0.05, 0) is 24.5 Å². The van der Waals surface area contributed by atoms with Gasteiger partial charge in [0.15, 0.2) is 5.66 Å². The zero-order valence-corrected chi connectivity index (χ0v) is 13.0. The van der Waals surface area contributed by atoms with E-state index >= 15 is 0 Å². The van der Waals surface area contributed by atoms with Crippen LogP contribution in [0, 0.1) is 5.92 Å². The Hall–Kier alpha value is -2.34. The maximum atomic E-state index is 12.4. The molecule has 0 unspecified atom stereocenters. The fraction of sp³-hybridized carbons (Fsp3) is 0.375. The number of hydrogen-bond acceptors (Lipinski definition) is 4. The van der Waals surface area contributed by atoms with Crippen LogP contribution < -0.4 is 11.1 Å². The minimum absolute atomic E-state index is 0.118. The van der Waals surface area contributed by atoms with Crippen LogP contribution in [0.2, 0.25) is 0 Å². The van der Waals surface area contributed by atoms with Gasteiger partial charge in [-0.2, -0.15) is 0 Å². The lowest BCUT2D eigenvalue weighted by atomic mass is 9.98. The number of esters is 1. The maximum Gasteiger partial charge on any atom is 0.346 e. The number of aromatic amines is 1. The molecule has 0 bridgehead atoms. The number of carbonyl (C=O) groups is 2. The zero-order chi connectivity index (χ0) is 16.3. The van der Waals surface area contributed by atoms with Crippen molar-refractivity contribution in [2.45, 2.75) is 25.9 Å². The van der Waals surface area contributed by atoms with Crippen LogP contribution in [-0.2, 0) is 9.53 Å². The van der Waals surface area contributed by atoms with Crippen LogP contribution in [0.5, 0.6) is 0 Å². The van der Waals surface area contributed by atoms with Crippen LogP contribution >= 0.6 is 0 Å². The van der Waals surface area contributed by atoms with Crippen LogP contribution in [0.1, 0.15) is 30.8 Å². The van der Waals surface area contributed by atoms with Crippen LogP contribution in [-0.4, -0.2) is 29.6 Å². The summed E-state index contributed by atoms with van der Waals surface area (Å²) >= 11 is 0. The quantitative estimate of drug-likeness (QED) is 0.579. The molecule has 118 valence electrons. The van der Waals surface area contributed by atoms with E-state index in [2.05, 4.69) is 10.3 Å². The zero-order valence-electron chi connectivity index (χ0n) is 13.0. The summed E-state index contributed by atoms with van der Waals surface area (Å²) in [6.45, 7) is 3.83. The van der Waals surface area contributed by atoms with E-state index in [1.807, 2.05) is 38.1 Å². The molecule has 6 heteroatoms. The van der Waals surface area contributed by atoms with E-state index in [1.54, 1.807) is 6.07 Å². The fourth-order valence-electron chi connectivity index (χ4n) is 2.48. The molecule has 6 nitrogen and oxygen atoms in total. The summed E-state index contributed by atoms with van der Waals surface area (Å²) in [4.78, 5) is 27.3. The highest BCUT2D eigenvalue weighted by atomic mass is 16.5. The number of H-pyrrole nitrogens is 1.